The van der Waals surface area contributed by atoms with Crippen molar-refractivity contribution in [2.75, 3.05) is 0 Å². The molecule has 7 nitrogen and oxygen atoms in total. The number of carbonyl (C=O) groups excluding carboxylic acids is 1. The molecule has 1 N–H and O–H groups in total. The van der Waals surface area contributed by atoms with Gasteiger partial charge in [0.1, 0.15) is 0 Å². The van der Waals surface area contributed by atoms with E-state index >= 15 is 0 Å². The maximum absolute atomic E-state index is 13.0. The number of halogens is 3. The maximum Gasteiger partial charge on any atom is 0.453 e. The molecule has 1 amide bonds. The van der Waals surface area contributed by atoms with Crippen LogP contribution in [0.15, 0.2) is 54.6 Å². The predicted molar refractivity (Wildman–Crippen MR) is 127 cm³/mol. The number of nitrogens with one attached hydrogen (secondary N) is 1. The number of nitrogens with zero attached hydrogens (tertiary/aromatic N) is 4. The number of carbonyl (C=O) groups is 1. The van der Waals surface area contributed by atoms with E-state index in [1.807, 2.05) is 54.6 Å². The topological polar surface area (TPSA) is 81.4 Å². The third kappa shape index (κ3) is 6.25. The highest BCUT2D eigenvalue weighted by atomic mass is 19.4. The average Bonchev–Trinajstić information content (AvgIpc) is 3.28. The summed E-state index contributed by atoms with van der Waals surface area (Å²) in [5.74, 6) is -1.52. The SMILES string of the molecule is Cc1nc2nc(C(F)(F)F)nn2c(C)c1CCC(=O)NCc1cccc(COCc2ccccc2)c1. The molecule has 0 atom stereocenters. The number of aryl methyl sites for hydroxylation is 2. The Morgan fingerprint density at radius 3 is 2.42 bits per heavy atom. The molecular weight excluding hydrogens is 471 g/mol. The highest BCUT2D eigenvalue weighted by Gasteiger charge is 2.37. The average molecular weight is 498 g/mol. The maximum atomic E-state index is 13.0. The van der Waals surface area contributed by atoms with Gasteiger partial charge >= 0.3 is 6.18 Å². The minimum Gasteiger partial charge on any atom is -0.372 e. The van der Waals surface area contributed by atoms with Gasteiger partial charge in [0, 0.05) is 24.4 Å². The molecule has 0 aliphatic heterocycles. The van der Waals surface area contributed by atoms with Crippen LogP contribution >= 0.6 is 0 Å². The Hall–Kier alpha value is -3.79. The Morgan fingerprint density at radius 1 is 0.972 bits per heavy atom. The number of hydrogen-bond acceptors (Lipinski definition) is 5. The zero-order valence-electron chi connectivity index (χ0n) is 20.0. The van der Waals surface area contributed by atoms with Crippen LogP contribution in [0, 0.1) is 13.8 Å². The second kappa shape index (κ2) is 10.9. The van der Waals surface area contributed by atoms with Gasteiger partial charge in [0.15, 0.2) is 0 Å². The Bertz CT molecular complexity index is 1350. The van der Waals surface area contributed by atoms with Crippen LogP contribution in [0.5, 0.6) is 0 Å². The molecule has 188 valence electrons. The Labute approximate surface area is 206 Å². The van der Waals surface area contributed by atoms with Gasteiger partial charge in [0.25, 0.3) is 11.6 Å². The third-order valence-electron chi connectivity index (χ3n) is 5.77. The first kappa shape index (κ1) is 25.3. The summed E-state index contributed by atoms with van der Waals surface area (Å²) in [6, 6.07) is 17.7. The summed E-state index contributed by atoms with van der Waals surface area (Å²) >= 11 is 0. The molecule has 0 radical (unpaired) electrons. The van der Waals surface area contributed by atoms with Crippen LogP contribution in [0.4, 0.5) is 13.2 Å². The second-order valence-corrected chi connectivity index (χ2v) is 8.48. The second-order valence-electron chi connectivity index (χ2n) is 8.48. The first-order chi connectivity index (χ1) is 17.2. The van der Waals surface area contributed by atoms with E-state index in [9.17, 15) is 18.0 Å². The number of alkyl halides is 3. The molecule has 0 spiro atoms. The van der Waals surface area contributed by atoms with Crippen LogP contribution in [0.1, 0.15) is 45.9 Å². The van der Waals surface area contributed by atoms with E-state index in [0.29, 0.717) is 43.1 Å². The zero-order valence-corrected chi connectivity index (χ0v) is 20.0. The number of fused-ring (bicyclic) bond motifs is 1. The number of hydrogen-bond donors (Lipinski definition) is 1. The first-order valence-electron chi connectivity index (χ1n) is 11.5. The standard InChI is InChI=1S/C26H26F3N5O2/c1-17-22(18(2)34-25(31-17)32-24(33-34)26(27,28)29)11-12-23(35)30-14-20-9-6-10-21(13-20)16-36-15-19-7-4-3-5-8-19/h3-10,13H,11-12,14-16H2,1-2H3,(H,30,35). The van der Waals surface area contributed by atoms with E-state index in [-0.39, 0.29) is 18.1 Å². The Morgan fingerprint density at radius 2 is 1.67 bits per heavy atom. The molecule has 0 saturated heterocycles. The van der Waals surface area contributed by atoms with Gasteiger partial charge in [-0.1, -0.05) is 54.6 Å². The molecule has 0 aliphatic rings. The molecule has 0 aliphatic carbocycles. The lowest BCUT2D eigenvalue weighted by molar-refractivity contribution is -0.144. The minimum atomic E-state index is -4.65. The van der Waals surface area contributed by atoms with Gasteiger partial charge in [-0.3, -0.25) is 4.79 Å². The van der Waals surface area contributed by atoms with Gasteiger partial charge in [0.05, 0.1) is 13.2 Å². The third-order valence-corrected chi connectivity index (χ3v) is 5.77. The van der Waals surface area contributed by atoms with Crippen molar-refractivity contribution < 1.29 is 22.7 Å². The van der Waals surface area contributed by atoms with Crippen LogP contribution in [0.3, 0.4) is 0 Å². The molecule has 10 heteroatoms. The normalized spacial score (nSPS) is 11.7. The van der Waals surface area contributed by atoms with Crippen LogP contribution in [-0.2, 0) is 41.9 Å². The number of amides is 1. The summed E-state index contributed by atoms with van der Waals surface area (Å²) in [6.45, 7) is 4.68. The fourth-order valence-electron chi connectivity index (χ4n) is 3.91. The molecule has 4 aromatic rings. The lowest BCUT2D eigenvalue weighted by atomic mass is 10.1. The lowest BCUT2D eigenvalue weighted by Crippen LogP contribution is -2.23. The summed E-state index contributed by atoms with van der Waals surface area (Å²) in [5.41, 5.74) is 4.74. The summed E-state index contributed by atoms with van der Waals surface area (Å²) in [5, 5.41) is 6.44. The van der Waals surface area contributed by atoms with Crippen LogP contribution < -0.4 is 5.32 Å². The summed E-state index contributed by atoms with van der Waals surface area (Å²) in [4.78, 5) is 20.1. The van der Waals surface area contributed by atoms with Crippen LogP contribution in [-0.4, -0.2) is 25.5 Å². The number of ether oxygens (including phenoxy) is 1. The largest absolute Gasteiger partial charge is 0.453 e. The molecular formula is C26H26F3N5O2. The van der Waals surface area contributed by atoms with Gasteiger partial charge in [0.2, 0.25) is 5.91 Å². The smallest absolute Gasteiger partial charge is 0.372 e. The van der Waals surface area contributed by atoms with Crippen molar-refractivity contribution in [3.63, 3.8) is 0 Å². The van der Waals surface area contributed by atoms with Crippen molar-refractivity contribution in [1.82, 2.24) is 24.9 Å². The molecule has 0 unspecified atom stereocenters. The highest BCUT2D eigenvalue weighted by Crippen LogP contribution is 2.27. The lowest BCUT2D eigenvalue weighted by Gasteiger charge is -2.11. The van der Waals surface area contributed by atoms with Gasteiger partial charge < -0.3 is 10.1 Å². The van der Waals surface area contributed by atoms with Crippen molar-refractivity contribution in [3.05, 3.63) is 94.1 Å². The number of rotatable bonds is 9. The fraction of sp³-hybridized carbons (Fsp3) is 0.308. The number of benzene rings is 2. The van der Waals surface area contributed by atoms with Gasteiger partial charge in [-0.05, 0) is 42.5 Å². The Balaban J connectivity index is 1.31. The monoisotopic (exact) mass is 497 g/mol. The highest BCUT2D eigenvalue weighted by molar-refractivity contribution is 5.76. The van der Waals surface area contributed by atoms with Crippen molar-refractivity contribution in [3.8, 4) is 0 Å². The van der Waals surface area contributed by atoms with E-state index in [0.717, 1.165) is 21.2 Å². The molecule has 4 rings (SSSR count). The van der Waals surface area contributed by atoms with Crippen LogP contribution in [0.25, 0.3) is 5.78 Å². The van der Waals surface area contributed by atoms with E-state index in [1.165, 1.54) is 0 Å². The van der Waals surface area contributed by atoms with Crippen molar-refractivity contribution in [1.29, 1.82) is 0 Å². The Kier molecular flexibility index (Phi) is 7.64. The molecule has 0 saturated carbocycles. The van der Waals surface area contributed by atoms with Crippen molar-refractivity contribution in [2.24, 2.45) is 0 Å². The fourth-order valence-corrected chi connectivity index (χ4v) is 3.91. The molecule has 2 aromatic carbocycles. The molecule has 0 fully saturated rings. The van der Waals surface area contributed by atoms with E-state index in [4.69, 9.17) is 4.74 Å². The zero-order chi connectivity index (χ0) is 25.7. The van der Waals surface area contributed by atoms with Gasteiger partial charge in [-0.15, -0.1) is 5.10 Å². The first-order valence-corrected chi connectivity index (χ1v) is 11.5. The van der Waals surface area contributed by atoms with Crippen LogP contribution in [0.2, 0.25) is 0 Å². The minimum absolute atomic E-state index is 0.113. The summed E-state index contributed by atoms with van der Waals surface area (Å²) < 4.78 is 45.8. The number of aromatic nitrogens is 4. The molecule has 2 heterocycles. The van der Waals surface area contributed by atoms with Crippen molar-refractivity contribution in [2.45, 2.75) is 52.6 Å². The predicted octanol–water partition coefficient (Wildman–Crippen LogP) is 4.73. The van der Waals surface area contributed by atoms with Gasteiger partial charge in [-0.25, -0.2) is 9.50 Å². The quantitative estimate of drug-likeness (QED) is 0.362. The van der Waals surface area contributed by atoms with E-state index in [2.05, 4.69) is 20.4 Å². The molecule has 36 heavy (non-hydrogen) atoms. The molecule has 0 bridgehead atoms. The van der Waals surface area contributed by atoms with Gasteiger partial charge in [-0.2, -0.15) is 18.2 Å². The summed E-state index contributed by atoms with van der Waals surface area (Å²) in [7, 11) is 0. The summed E-state index contributed by atoms with van der Waals surface area (Å²) in [6.07, 6.45) is -4.17. The van der Waals surface area contributed by atoms with E-state index < -0.39 is 12.0 Å². The van der Waals surface area contributed by atoms with Crippen molar-refractivity contribution >= 4 is 11.7 Å². The molecule has 2 aromatic heterocycles. The van der Waals surface area contributed by atoms with E-state index in [1.54, 1.807) is 13.8 Å².